The number of carbonyl (C=O) groups excluding carboxylic acids is 1. The highest BCUT2D eigenvalue weighted by Gasteiger charge is 2.24. The molecule has 0 saturated carbocycles. The number of amides is 1. The van der Waals surface area contributed by atoms with Gasteiger partial charge in [0.05, 0.1) is 31.2 Å². The topological polar surface area (TPSA) is 86.2 Å². The molecule has 4 aromatic rings. The van der Waals surface area contributed by atoms with Gasteiger partial charge in [0.2, 0.25) is 5.95 Å². The highest BCUT2D eigenvalue weighted by atomic mass is 35.5. The second-order valence-electron chi connectivity index (χ2n) is 11.7. The molecule has 1 amide bonds. The molecule has 3 aromatic carbocycles. The smallest absolute Gasteiger partial charge is 0.253 e. The van der Waals surface area contributed by atoms with Crippen LogP contribution in [0.3, 0.4) is 0 Å². The minimum absolute atomic E-state index is 0.0431. The van der Waals surface area contributed by atoms with Gasteiger partial charge in [-0.25, -0.2) is 14.4 Å². The van der Waals surface area contributed by atoms with Crippen molar-refractivity contribution < 1.29 is 13.9 Å². The lowest BCUT2D eigenvalue weighted by Crippen LogP contribution is -2.51. The van der Waals surface area contributed by atoms with E-state index in [-0.39, 0.29) is 11.7 Å². The summed E-state index contributed by atoms with van der Waals surface area (Å²) in [6.45, 7) is 9.20. The molecule has 1 N–H and O–H groups in total. The van der Waals surface area contributed by atoms with Crippen molar-refractivity contribution >= 4 is 34.9 Å². The van der Waals surface area contributed by atoms with Crippen LogP contribution in [0.15, 0.2) is 77.9 Å². The molecule has 11 heteroatoms. The summed E-state index contributed by atoms with van der Waals surface area (Å²) in [7, 11) is 0. The maximum atomic E-state index is 14.8. The Hall–Kier alpha value is -4.22. The predicted octanol–water partition coefficient (Wildman–Crippen LogP) is 5.12. The second kappa shape index (κ2) is 13.6. The summed E-state index contributed by atoms with van der Waals surface area (Å²) in [5.41, 5.74) is 5.38. The summed E-state index contributed by atoms with van der Waals surface area (Å²) in [6.07, 6.45) is 1.75. The molecule has 2 fully saturated rings. The Balaban J connectivity index is 1.02. The zero-order valence-corrected chi connectivity index (χ0v) is 26.2. The van der Waals surface area contributed by atoms with Crippen LogP contribution < -0.4 is 5.32 Å². The molecule has 2 saturated heterocycles. The molecule has 0 atom stereocenters. The highest BCUT2D eigenvalue weighted by molar-refractivity contribution is 6.31. The zero-order chi connectivity index (χ0) is 31.5. The normalized spacial score (nSPS) is 17.1. The summed E-state index contributed by atoms with van der Waals surface area (Å²) in [6, 6.07) is 19.5. The van der Waals surface area contributed by atoms with Crippen LogP contribution >= 0.6 is 11.6 Å². The molecule has 46 heavy (non-hydrogen) atoms. The van der Waals surface area contributed by atoms with Gasteiger partial charge in [-0.15, -0.1) is 0 Å². The minimum atomic E-state index is -0.352. The number of rotatable bonds is 7. The van der Waals surface area contributed by atoms with Gasteiger partial charge in [-0.3, -0.25) is 19.6 Å². The molecular formula is C35H35ClFN7O2. The summed E-state index contributed by atoms with van der Waals surface area (Å²) in [5.74, 6) is 0.0955. The number of hydrogen-bond acceptors (Lipinski definition) is 8. The van der Waals surface area contributed by atoms with E-state index in [9.17, 15) is 9.18 Å². The number of fused-ring (bicyclic) bond motifs is 3. The molecule has 9 nitrogen and oxygen atoms in total. The van der Waals surface area contributed by atoms with Crippen LogP contribution in [0.1, 0.15) is 27.0 Å². The van der Waals surface area contributed by atoms with E-state index in [1.54, 1.807) is 36.5 Å². The SMILES string of the molecule is O=C(c1ccc(Nc2ncc3c(n2)-c2ccc(Cl)cc2C(c2ccccc2F)=NC3)cc1)N1CCN(CCN2CCOCC2)CC1. The predicted molar refractivity (Wildman–Crippen MR) is 178 cm³/mol. The molecule has 1 aromatic heterocycles. The highest BCUT2D eigenvalue weighted by Crippen LogP contribution is 2.34. The molecule has 0 aliphatic carbocycles. The van der Waals surface area contributed by atoms with Gasteiger partial charge >= 0.3 is 0 Å². The number of hydrogen-bond donors (Lipinski definition) is 1. The maximum Gasteiger partial charge on any atom is 0.253 e. The quantitative estimate of drug-likeness (QED) is 0.300. The number of ether oxygens (including phenoxy) is 1. The number of morpholine rings is 1. The number of nitrogens with one attached hydrogen (secondary N) is 1. The average molecular weight is 640 g/mol. The third-order valence-corrected chi connectivity index (χ3v) is 9.01. The monoisotopic (exact) mass is 639 g/mol. The number of aromatic nitrogens is 2. The number of halogens is 2. The third kappa shape index (κ3) is 6.66. The van der Waals surface area contributed by atoms with Crippen LogP contribution in [0.4, 0.5) is 16.0 Å². The fourth-order valence-electron chi connectivity index (χ4n) is 6.16. The van der Waals surface area contributed by atoms with Gasteiger partial charge in [-0.2, -0.15) is 0 Å². The van der Waals surface area contributed by atoms with Crippen molar-refractivity contribution in [2.45, 2.75) is 6.54 Å². The first-order valence-corrected chi connectivity index (χ1v) is 16.0. The Kier molecular flexibility index (Phi) is 9.03. The van der Waals surface area contributed by atoms with Crippen LogP contribution in [0.2, 0.25) is 5.02 Å². The fourth-order valence-corrected chi connectivity index (χ4v) is 6.33. The second-order valence-corrected chi connectivity index (χ2v) is 12.1. The summed E-state index contributed by atoms with van der Waals surface area (Å²) >= 11 is 6.39. The first-order chi connectivity index (χ1) is 22.5. The van der Waals surface area contributed by atoms with Gasteiger partial charge in [0.1, 0.15) is 5.82 Å². The van der Waals surface area contributed by atoms with E-state index in [0.29, 0.717) is 45.6 Å². The van der Waals surface area contributed by atoms with Gasteiger partial charge < -0.3 is 15.0 Å². The van der Waals surface area contributed by atoms with Gasteiger partial charge in [0, 0.05) is 97.1 Å². The Morgan fingerprint density at radius 1 is 0.870 bits per heavy atom. The van der Waals surface area contributed by atoms with Crippen molar-refractivity contribution in [3.63, 3.8) is 0 Å². The largest absolute Gasteiger partial charge is 0.379 e. The molecule has 0 bridgehead atoms. The van der Waals surface area contributed by atoms with Gasteiger partial charge in [-0.05, 0) is 48.5 Å². The molecular weight excluding hydrogens is 605 g/mol. The number of carbonyl (C=O) groups is 1. The molecule has 3 aliphatic heterocycles. The number of nitrogens with zero attached hydrogens (tertiary/aromatic N) is 6. The van der Waals surface area contributed by atoms with Crippen molar-refractivity contribution in [2.24, 2.45) is 4.99 Å². The molecule has 236 valence electrons. The van der Waals surface area contributed by atoms with E-state index in [4.69, 9.17) is 26.3 Å². The molecule has 7 rings (SSSR count). The Bertz CT molecular complexity index is 1750. The van der Waals surface area contributed by atoms with Crippen molar-refractivity contribution in [3.8, 4) is 11.3 Å². The summed E-state index contributed by atoms with van der Waals surface area (Å²) in [4.78, 5) is 34.2. The summed E-state index contributed by atoms with van der Waals surface area (Å²) in [5, 5.41) is 3.80. The molecule has 3 aliphatic rings. The first-order valence-electron chi connectivity index (χ1n) is 15.7. The van der Waals surface area contributed by atoms with E-state index >= 15 is 0 Å². The van der Waals surface area contributed by atoms with E-state index in [1.165, 1.54) is 6.07 Å². The van der Waals surface area contributed by atoms with E-state index in [0.717, 1.165) is 82.4 Å². The third-order valence-electron chi connectivity index (χ3n) is 8.78. The van der Waals surface area contributed by atoms with Crippen molar-refractivity contribution in [1.82, 2.24) is 24.7 Å². The number of anilines is 2. The Morgan fingerprint density at radius 3 is 2.37 bits per heavy atom. The fraction of sp³-hybridized carbons (Fsp3) is 0.314. The first kappa shape index (κ1) is 30.4. The number of benzene rings is 3. The number of aliphatic imine (C=N–C) groups is 1. The lowest BCUT2D eigenvalue weighted by molar-refractivity contribution is 0.0293. The van der Waals surface area contributed by atoms with Crippen LogP contribution in [0, 0.1) is 5.82 Å². The Morgan fingerprint density at radius 2 is 1.61 bits per heavy atom. The van der Waals surface area contributed by atoms with Gasteiger partial charge in [-0.1, -0.05) is 29.8 Å². The van der Waals surface area contributed by atoms with Gasteiger partial charge in [0.25, 0.3) is 5.91 Å². The van der Waals surface area contributed by atoms with Crippen LogP contribution in [-0.4, -0.2) is 102 Å². The van der Waals surface area contributed by atoms with Crippen LogP contribution in [0.25, 0.3) is 11.3 Å². The van der Waals surface area contributed by atoms with Crippen molar-refractivity contribution in [3.05, 3.63) is 106 Å². The van der Waals surface area contributed by atoms with Crippen molar-refractivity contribution in [1.29, 1.82) is 0 Å². The van der Waals surface area contributed by atoms with Crippen LogP contribution in [-0.2, 0) is 11.3 Å². The Labute approximate surface area is 272 Å². The minimum Gasteiger partial charge on any atom is -0.379 e. The molecule has 0 radical (unpaired) electrons. The van der Waals surface area contributed by atoms with E-state index < -0.39 is 0 Å². The standard InChI is InChI=1S/C35H35ClFN7O2/c36-26-7-10-28-30(21-26)33(29-3-1-2-4-31(29)37)38-22-25-23-39-35(41-32(25)28)40-27-8-5-24(6-9-27)34(45)44-15-13-42(14-16-44)11-12-43-17-19-46-20-18-43/h1-10,21,23H,11-20,22H2,(H,39,40,41). The van der Waals surface area contributed by atoms with Crippen molar-refractivity contribution in [2.75, 3.05) is 70.9 Å². The maximum absolute atomic E-state index is 14.8. The van der Waals surface area contributed by atoms with E-state index in [2.05, 4.69) is 20.1 Å². The average Bonchev–Trinajstić information content (AvgIpc) is 3.24. The molecule has 0 unspecified atom stereocenters. The van der Waals surface area contributed by atoms with Crippen LogP contribution in [0.5, 0.6) is 0 Å². The van der Waals surface area contributed by atoms with Gasteiger partial charge in [0.15, 0.2) is 0 Å². The lowest BCUT2D eigenvalue weighted by atomic mass is 9.95. The summed E-state index contributed by atoms with van der Waals surface area (Å²) < 4.78 is 20.3. The lowest BCUT2D eigenvalue weighted by Gasteiger charge is -2.36. The zero-order valence-electron chi connectivity index (χ0n) is 25.5. The van der Waals surface area contributed by atoms with E-state index in [1.807, 2.05) is 35.2 Å². The molecule has 0 spiro atoms. The number of piperazine rings is 1. The molecule has 4 heterocycles.